The van der Waals surface area contributed by atoms with E-state index in [1.54, 1.807) is 36.4 Å². The second kappa shape index (κ2) is 8.73. The average molecular weight is 378 g/mol. The molecule has 0 saturated heterocycles. The van der Waals surface area contributed by atoms with E-state index >= 15 is 0 Å². The lowest BCUT2D eigenvalue weighted by Gasteiger charge is -2.20. The zero-order valence-corrected chi connectivity index (χ0v) is 15.3. The van der Waals surface area contributed by atoms with Crippen molar-refractivity contribution in [3.05, 3.63) is 59.7 Å². The van der Waals surface area contributed by atoms with Crippen LogP contribution in [0.15, 0.2) is 54.1 Å². The fraction of sp³-hybridized carbons (Fsp3) is 0.190. The maximum absolute atomic E-state index is 12.4. The van der Waals surface area contributed by atoms with Gasteiger partial charge in [-0.05, 0) is 42.8 Å². The van der Waals surface area contributed by atoms with Crippen molar-refractivity contribution in [2.45, 2.75) is 6.92 Å². The van der Waals surface area contributed by atoms with Crippen molar-refractivity contribution >= 4 is 23.6 Å². The first-order valence-corrected chi connectivity index (χ1v) is 8.66. The summed E-state index contributed by atoms with van der Waals surface area (Å²) in [5.74, 6) is -0.0968. The van der Waals surface area contributed by atoms with Crippen LogP contribution in [0.4, 0.5) is 5.69 Å². The van der Waals surface area contributed by atoms with Gasteiger partial charge in [0.2, 0.25) is 6.79 Å². The Morgan fingerprint density at radius 3 is 2.64 bits per heavy atom. The van der Waals surface area contributed by atoms with E-state index in [0.29, 0.717) is 29.3 Å². The third-order valence-electron chi connectivity index (χ3n) is 4.06. The molecule has 0 spiro atoms. The standard InChI is InChI=1S/C21H18N2O5/c1-2-23(17-6-4-3-5-7-17)20(24)13-26-21(25)16(12-22)10-15-8-9-18-19(11-15)28-14-27-18/h3-11H,2,13-14H2,1H3. The van der Waals surface area contributed by atoms with Crippen molar-refractivity contribution in [3.63, 3.8) is 0 Å². The number of likely N-dealkylation sites (N-methyl/N-ethyl adjacent to an activating group) is 1. The molecule has 142 valence electrons. The minimum absolute atomic E-state index is 0.132. The number of fused-ring (bicyclic) bond motifs is 1. The predicted molar refractivity (Wildman–Crippen MR) is 102 cm³/mol. The van der Waals surface area contributed by atoms with Crippen LogP contribution in [0.1, 0.15) is 12.5 Å². The van der Waals surface area contributed by atoms with Gasteiger partial charge in [-0.3, -0.25) is 4.79 Å². The van der Waals surface area contributed by atoms with E-state index in [4.69, 9.17) is 14.2 Å². The maximum Gasteiger partial charge on any atom is 0.349 e. The quantitative estimate of drug-likeness (QED) is 0.436. The number of rotatable bonds is 6. The van der Waals surface area contributed by atoms with Crippen molar-refractivity contribution in [2.24, 2.45) is 0 Å². The predicted octanol–water partition coefficient (Wildman–Crippen LogP) is 2.92. The molecule has 0 aliphatic carbocycles. The number of hydrogen-bond acceptors (Lipinski definition) is 6. The van der Waals surface area contributed by atoms with Crippen LogP contribution in [0.25, 0.3) is 6.08 Å². The molecule has 1 amide bonds. The number of amides is 1. The van der Waals surface area contributed by atoms with Gasteiger partial charge in [-0.1, -0.05) is 24.3 Å². The molecule has 0 aromatic heterocycles. The Hall–Kier alpha value is -3.79. The van der Waals surface area contributed by atoms with Crippen LogP contribution in [0.5, 0.6) is 11.5 Å². The number of esters is 1. The van der Waals surface area contributed by atoms with Crippen LogP contribution in [-0.4, -0.2) is 31.8 Å². The Balaban J connectivity index is 1.65. The number of para-hydroxylation sites is 1. The molecular formula is C21H18N2O5. The summed E-state index contributed by atoms with van der Waals surface area (Å²) in [6, 6.07) is 15.9. The molecule has 0 atom stereocenters. The molecule has 1 aliphatic heterocycles. The monoisotopic (exact) mass is 378 g/mol. The Morgan fingerprint density at radius 1 is 1.18 bits per heavy atom. The largest absolute Gasteiger partial charge is 0.454 e. The molecule has 0 bridgehead atoms. The summed E-state index contributed by atoms with van der Waals surface area (Å²) in [6.07, 6.45) is 1.38. The van der Waals surface area contributed by atoms with Gasteiger partial charge in [-0.25, -0.2) is 4.79 Å². The second-order valence-electron chi connectivity index (χ2n) is 5.83. The molecular weight excluding hydrogens is 360 g/mol. The first kappa shape index (κ1) is 19.0. The van der Waals surface area contributed by atoms with Gasteiger partial charge in [0.05, 0.1) is 0 Å². The van der Waals surface area contributed by atoms with Crippen molar-refractivity contribution < 1.29 is 23.8 Å². The highest BCUT2D eigenvalue weighted by atomic mass is 16.7. The van der Waals surface area contributed by atoms with Crippen molar-refractivity contribution in [1.82, 2.24) is 0 Å². The van der Waals surface area contributed by atoms with Gasteiger partial charge in [0.25, 0.3) is 5.91 Å². The van der Waals surface area contributed by atoms with Crippen molar-refractivity contribution in [1.29, 1.82) is 5.26 Å². The molecule has 0 saturated carbocycles. The SMILES string of the molecule is CCN(C(=O)COC(=O)C(C#N)=Cc1ccc2c(c1)OCO2)c1ccccc1. The zero-order valence-electron chi connectivity index (χ0n) is 15.3. The Morgan fingerprint density at radius 2 is 1.93 bits per heavy atom. The number of ether oxygens (including phenoxy) is 3. The fourth-order valence-corrected chi connectivity index (χ4v) is 2.70. The third-order valence-corrected chi connectivity index (χ3v) is 4.06. The fourth-order valence-electron chi connectivity index (χ4n) is 2.70. The number of nitriles is 1. The number of carbonyl (C=O) groups excluding carboxylic acids is 2. The Bertz CT molecular complexity index is 947. The number of benzene rings is 2. The molecule has 2 aromatic rings. The van der Waals surface area contributed by atoms with Gasteiger partial charge in [0, 0.05) is 12.2 Å². The van der Waals surface area contributed by atoms with Gasteiger partial charge in [0.15, 0.2) is 18.1 Å². The van der Waals surface area contributed by atoms with E-state index < -0.39 is 12.6 Å². The maximum atomic E-state index is 12.4. The third kappa shape index (κ3) is 4.30. The molecule has 28 heavy (non-hydrogen) atoms. The first-order chi connectivity index (χ1) is 13.6. The normalized spacial score (nSPS) is 12.2. The van der Waals surface area contributed by atoms with Crippen molar-refractivity contribution in [2.75, 3.05) is 24.8 Å². The highest BCUT2D eigenvalue weighted by Crippen LogP contribution is 2.33. The number of carbonyl (C=O) groups is 2. The van der Waals surface area contributed by atoms with Gasteiger partial charge in [-0.2, -0.15) is 5.26 Å². The van der Waals surface area contributed by atoms with Crippen LogP contribution in [-0.2, 0) is 14.3 Å². The van der Waals surface area contributed by atoms with E-state index in [1.807, 2.05) is 25.1 Å². The molecule has 7 heteroatoms. The summed E-state index contributed by atoms with van der Waals surface area (Å²) in [5.41, 5.74) is 1.08. The van der Waals surface area contributed by atoms with Crippen LogP contribution < -0.4 is 14.4 Å². The van der Waals surface area contributed by atoms with E-state index in [0.717, 1.165) is 0 Å². The minimum Gasteiger partial charge on any atom is -0.454 e. The van der Waals surface area contributed by atoms with Gasteiger partial charge < -0.3 is 19.1 Å². The summed E-state index contributed by atoms with van der Waals surface area (Å²) in [6.45, 7) is 1.93. The van der Waals surface area contributed by atoms with Gasteiger partial charge >= 0.3 is 5.97 Å². The summed E-state index contributed by atoms with van der Waals surface area (Å²) in [4.78, 5) is 26.1. The van der Waals surface area contributed by atoms with E-state index in [1.165, 1.54) is 11.0 Å². The second-order valence-corrected chi connectivity index (χ2v) is 5.83. The molecule has 2 aromatic carbocycles. The molecule has 0 unspecified atom stereocenters. The summed E-state index contributed by atoms with van der Waals surface area (Å²) in [7, 11) is 0. The lowest BCUT2D eigenvalue weighted by Crippen LogP contribution is -2.34. The summed E-state index contributed by atoms with van der Waals surface area (Å²) >= 11 is 0. The van der Waals surface area contributed by atoms with Gasteiger partial charge in [-0.15, -0.1) is 0 Å². The smallest absolute Gasteiger partial charge is 0.349 e. The average Bonchev–Trinajstić information content (AvgIpc) is 3.19. The topological polar surface area (TPSA) is 88.9 Å². The molecule has 0 radical (unpaired) electrons. The lowest BCUT2D eigenvalue weighted by molar-refractivity contribution is -0.143. The highest BCUT2D eigenvalue weighted by Gasteiger charge is 2.19. The molecule has 7 nitrogen and oxygen atoms in total. The summed E-state index contributed by atoms with van der Waals surface area (Å²) < 4.78 is 15.5. The molecule has 0 fully saturated rings. The molecule has 0 N–H and O–H groups in total. The van der Waals surface area contributed by atoms with E-state index in [2.05, 4.69) is 0 Å². The molecule has 1 aliphatic rings. The highest BCUT2D eigenvalue weighted by molar-refractivity contribution is 6.00. The van der Waals surface area contributed by atoms with E-state index in [-0.39, 0.29) is 18.3 Å². The minimum atomic E-state index is -0.863. The number of nitrogens with zero attached hydrogens (tertiary/aromatic N) is 2. The first-order valence-electron chi connectivity index (χ1n) is 8.66. The zero-order chi connectivity index (χ0) is 19.9. The Kier molecular flexibility index (Phi) is 5.92. The molecule has 3 rings (SSSR count). The van der Waals surface area contributed by atoms with Crippen LogP contribution in [0, 0.1) is 11.3 Å². The Labute approximate surface area is 162 Å². The van der Waals surface area contributed by atoms with Crippen LogP contribution in [0.2, 0.25) is 0 Å². The van der Waals surface area contributed by atoms with E-state index in [9.17, 15) is 14.9 Å². The van der Waals surface area contributed by atoms with Gasteiger partial charge in [0.1, 0.15) is 11.6 Å². The summed E-state index contributed by atoms with van der Waals surface area (Å²) in [5, 5.41) is 9.28. The number of hydrogen-bond donors (Lipinski definition) is 0. The molecule has 1 heterocycles. The van der Waals surface area contributed by atoms with Crippen LogP contribution >= 0.6 is 0 Å². The van der Waals surface area contributed by atoms with Crippen molar-refractivity contribution in [3.8, 4) is 17.6 Å². The number of anilines is 1. The van der Waals surface area contributed by atoms with Crippen LogP contribution in [0.3, 0.4) is 0 Å². The lowest BCUT2D eigenvalue weighted by atomic mass is 10.1.